The van der Waals surface area contributed by atoms with Gasteiger partial charge in [0.1, 0.15) is 0 Å². The summed E-state index contributed by atoms with van der Waals surface area (Å²) in [5, 5.41) is 0. The first-order chi connectivity index (χ1) is 12.1. The molecular weight excluding hydrogens is 320 g/mol. The minimum atomic E-state index is -0.679. The third-order valence-corrected chi connectivity index (χ3v) is 3.71. The maximum atomic E-state index is 11.9. The summed E-state index contributed by atoms with van der Waals surface area (Å²) in [6, 6.07) is 17.0. The zero-order valence-corrected chi connectivity index (χ0v) is 14.0. The largest absolute Gasteiger partial charge is 0.462 e. The molecule has 0 saturated heterocycles. The van der Waals surface area contributed by atoms with Gasteiger partial charge in [-0.05, 0) is 30.7 Å². The van der Waals surface area contributed by atoms with Crippen molar-refractivity contribution in [1.82, 2.24) is 0 Å². The standard InChI is InChI=1S/C20H20O5/c1-2-15(14-24-19(22)16-9-5-3-6-10-16)13-18(21)25-20(23)17-11-7-4-8-12-17/h3-12,15H,2,13-14H2,1H3. The Labute approximate surface area is 146 Å². The fourth-order valence-corrected chi connectivity index (χ4v) is 2.19. The van der Waals surface area contributed by atoms with Crippen molar-refractivity contribution < 1.29 is 23.9 Å². The lowest BCUT2D eigenvalue weighted by atomic mass is 10.0. The zero-order valence-electron chi connectivity index (χ0n) is 14.0. The van der Waals surface area contributed by atoms with Gasteiger partial charge in [0.15, 0.2) is 0 Å². The molecule has 2 aromatic carbocycles. The lowest BCUT2D eigenvalue weighted by Gasteiger charge is -2.14. The molecule has 2 rings (SSSR count). The summed E-state index contributed by atoms with van der Waals surface area (Å²) in [7, 11) is 0. The molecule has 0 bridgehead atoms. The van der Waals surface area contributed by atoms with E-state index in [2.05, 4.69) is 0 Å². The van der Waals surface area contributed by atoms with Gasteiger partial charge in [0, 0.05) is 5.92 Å². The number of hydrogen-bond donors (Lipinski definition) is 0. The van der Waals surface area contributed by atoms with E-state index in [9.17, 15) is 14.4 Å². The molecule has 0 amide bonds. The van der Waals surface area contributed by atoms with Crippen LogP contribution in [0.5, 0.6) is 0 Å². The van der Waals surface area contributed by atoms with Crippen LogP contribution >= 0.6 is 0 Å². The molecule has 0 radical (unpaired) electrons. The van der Waals surface area contributed by atoms with Crippen molar-refractivity contribution in [2.24, 2.45) is 5.92 Å². The SMILES string of the molecule is CCC(COC(=O)c1ccccc1)CC(=O)OC(=O)c1ccccc1. The van der Waals surface area contributed by atoms with E-state index in [4.69, 9.17) is 9.47 Å². The first-order valence-corrected chi connectivity index (χ1v) is 8.12. The second-order valence-electron chi connectivity index (χ2n) is 5.57. The topological polar surface area (TPSA) is 69.7 Å². The van der Waals surface area contributed by atoms with Gasteiger partial charge in [0.25, 0.3) is 0 Å². The second-order valence-corrected chi connectivity index (χ2v) is 5.57. The van der Waals surface area contributed by atoms with Crippen molar-refractivity contribution in [1.29, 1.82) is 0 Å². The molecule has 2 aromatic rings. The molecule has 0 aliphatic rings. The number of rotatable bonds is 7. The smallest absolute Gasteiger partial charge is 0.345 e. The van der Waals surface area contributed by atoms with E-state index in [1.54, 1.807) is 54.6 Å². The Balaban J connectivity index is 1.81. The highest BCUT2D eigenvalue weighted by molar-refractivity contribution is 5.96. The van der Waals surface area contributed by atoms with E-state index in [0.29, 0.717) is 17.5 Å². The van der Waals surface area contributed by atoms with Crippen molar-refractivity contribution in [3.63, 3.8) is 0 Å². The molecule has 0 aliphatic carbocycles. The highest BCUT2D eigenvalue weighted by atomic mass is 16.6. The van der Waals surface area contributed by atoms with Gasteiger partial charge in [0.05, 0.1) is 24.2 Å². The molecule has 5 heteroatoms. The van der Waals surface area contributed by atoms with E-state index >= 15 is 0 Å². The number of carbonyl (C=O) groups excluding carboxylic acids is 3. The first kappa shape index (κ1) is 18.4. The second kappa shape index (κ2) is 9.37. The predicted molar refractivity (Wildman–Crippen MR) is 92.0 cm³/mol. The summed E-state index contributed by atoms with van der Waals surface area (Å²) >= 11 is 0. The van der Waals surface area contributed by atoms with E-state index in [1.807, 2.05) is 13.0 Å². The van der Waals surface area contributed by atoms with E-state index in [-0.39, 0.29) is 18.9 Å². The van der Waals surface area contributed by atoms with Crippen LogP contribution in [0.4, 0.5) is 0 Å². The van der Waals surface area contributed by atoms with Crippen LogP contribution in [0.15, 0.2) is 60.7 Å². The molecule has 0 fully saturated rings. The molecule has 0 N–H and O–H groups in total. The predicted octanol–water partition coefficient (Wildman–Crippen LogP) is 3.64. The number of ether oxygens (including phenoxy) is 2. The quantitative estimate of drug-likeness (QED) is 0.568. The van der Waals surface area contributed by atoms with Crippen LogP contribution in [-0.2, 0) is 14.3 Å². The third-order valence-electron chi connectivity index (χ3n) is 3.71. The van der Waals surface area contributed by atoms with Crippen molar-refractivity contribution in [3.8, 4) is 0 Å². The van der Waals surface area contributed by atoms with Gasteiger partial charge >= 0.3 is 17.9 Å². The molecule has 0 spiro atoms. The molecule has 0 aromatic heterocycles. The van der Waals surface area contributed by atoms with Gasteiger partial charge in [-0.25, -0.2) is 9.59 Å². The van der Waals surface area contributed by atoms with Gasteiger partial charge in [0.2, 0.25) is 0 Å². The molecule has 1 unspecified atom stereocenters. The van der Waals surface area contributed by atoms with Gasteiger partial charge in [-0.1, -0.05) is 43.3 Å². The van der Waals surface area contributed by atoms with E-state index in [1.165, 1.54) is 0 Å². The Morgan fingerprint density at radius 3 is 1.88 bits per heavy atom. The monoisotopic (exact) mass is 340 g/mol. The van der Waals surface area contributed by atoms with Crippen LogP contribution in [-0.4, -0.2) is 24.5 Å². The average Bonchev–Trinajstić information content (AvgIpc) is 2.66. The first-order valence-electron chi connectivity index (χ1n) is 8.12. The third kappa shape index (κ3) is 5.88. The fraction of sp³-hybridized carbons (Fsp3) is 0.250. The van der Waals surface area contributed by atoms with Crippen molar-refractivity contribution in [2.45, 2.75) is 19.8 Å². The lowest BCUT2D eigenvalue weighted by molar-refractivity contribution is -0.139. The molecule has 0 heterocycles. The Hall–Kier alpha value is -2.95. The fourth-order valence-electron chi connectivity index (χ4n) is 2.19. The number of hydrogen-bond acceptors (Lipinski definition) is 5. The molecular formula is C20H20O5. The van der Waals surface area contributed by atoms with Crippen LogP contribution < -0.4 is 0 Å². The van der Waals surface area contributed by atoms with Crippen molar-refractivity contribution >= 4 is 17.9 Å². The summed E-state index contributed by atoms with van der Waals surface area (Å²) in [5.41, 5.74) is 0.776. The summed E-state index contributed by atoms with van der Waals surface area (Å²) in [5.74, 6) is -1.95. The zero-order chi connectivity index (χ0) is 18.1. The van der Waals surface area contributed by atoms with E-state index in [0.717, 1.165) is 0 Å². The number of benzene rings is 2. The van der Waals surface area contributed by atoms with Crippen LogP contribution in [0.25, 0.3) is 0 Å². The average molecular weight is 340 g/mol. The van der Waals surface area contributed by atoms with Crippen molar-refractivity contribution in [2.75, 3.05) is 6.61 Å². The number of carbonyl (C=O) groups is 3. The molecule has 0 saturated carbocycles. The summed E-state index contributed by atoms with van der Waals surface area (Å²) < 4.78 is 10.1. The van der Waals surface area contributed by atoms with Gasteiger partial charge in [-0.2, -0.15) is 0 Å². The molecule has 1 atom stereocenters. The van der Waals surface area contributed by atoms with Crippen LogP contribution in [0, 0.1) is 5.92 Å². The summed E-state index contributed by atoms with van der Waals surface area (Å²) in [4.78, 5) is 35.7. The van der Waals surface area contributed by atoms with Crippen LogP contribution in [0.2, 0.25) is 0 Å². The molecule has 5 nitrogen and oxygen atoms in total. The Kier molecular flexibility index (Phi) is 6.89. The molecule has 25 heavy (non-hydrogen) atoms. The van der Waals surface area contributed by atoms with Crippen LogP contribution in [0.1, 0.15) is 40.5 Å². The molecule has 130 valence electrons. The minimum absolute atomic E-state index is 0.0111. The highest BCUT2D eigenvalue weighted by Gasteiger charge is 2.19. The van der Waals surface area contributed by atoms with Gasteiger partial charge in [-0.15, -0.1) is 0 Å². The number of esters is 3. The summed E-state index contributed by atoms with van der Waals surface area (Å²) in [6.07, 6.45) is 0.633. The maximum Gasteiger partial charge on any atom is 0.345 e. The van der Waals surface area contributed by atoms with Gasteiger partial charge < -0.3 is 9.47 Å². The van der Waals surface area contributed by atoms with Crippen LogP contribution in [0.3, 0.4) is 0 Å². The summed E-state index contributed by atoms with van der Waals surface area (Å²) in [6.45, 7) is 1.98. The lowest BCUT2D eigenvalue weighted by Crippen LogP contribution is -2.20. The van der Waals surface area contributed by atoms with E-state index < -0.39 is 17.9 Å². The highest BCUT2D eigenvalue weighted by Crippen LogP contribution is 2.13. The maximum absolute atomic E-state index is 11.9. The minimum Gasteiger partial charge on any atom is -0.462 e. The Morgan fingerprint density at radius 2 is 1.36 bits per heavy atom. The van der Waals surface area contributed by atoms with Crippen molar-refractivity contribution in [3.05, 3.63) is 71.8 Å². The normalized spacial score (nSPS) is 11.4. The Morgan fingerprint density at radius 1 is 0.840 bits per heavy atom. The Bertz CT molecular complexity index is 709. The molecule has 0 aliphatic heterocycles. The van der Waals surface area contributed by atoms with Gasteiger partial charge in [-0.3, -0.25) is 4.79 Å².